The maximum atomic E-state index is 13.0. The van der Waals surface area contributed by atoms with E-state index in [2.05, 4.69) is 11.3 Å². The van der Waals surface area contributed by atoms with Crippen LogP contribution in [0.15, 0.2) is 62.7 Å². The third kappa shape index (κ3) is 7.36. The molecule has 1 aliphatic heterocycles. The van der Waals surface area contributed by atoms with Crippen molar-refractivity contribution in [1.29, 1.82) is 0 Å². The number of unbranched alkanes of at least 4 members (excludes halogenated alkanes) is 5. The Kier molecular flexibility index (Phi) is 10.4. The Balaban J connectivity index is 1.72. The fourth-order valence-corrected chi connectivity index (χ4v) is 5.98. The lowest BCUT2D eigenvalue weighted by molar-refractivity contribution is -0.122. The first kappa shape index (κ1) is 27.8. The average Bonchev–Trinajstić information content (AvgIpc) is 3.17. The summed E-state index contributed by atoms with van der Waals surface area (Å²) in [5, 5.41) is 0.142. The highest BCUT2D eigenvalue weighted by atomic mass is 32.2. The molecule has 0 saturated carbocycles. The molecule has 0 radical (unpaired) electrons. The summed E-state index contributed by atoms with van der Waals surface area (Å²) in [6.45, 7) is 4.92. The van der Waals surface area contributed by atoms with Crippen LogP contribution in [-0.2, 0) is 14.8 Å². The second kappa shape index (κ2) is 13.5. The van der Waals surface area contributed by atoms with Crippen molar-refractivity contribution >= 4 is 38.9 Å². The van der Waals surface area contributed by atoms with Gasteiger partial charge < -0.3 is 9.47 Å². The highest BCUT2D eigenvalue weighted by Crippen LogP contribution is 2.35. The first-order valence-corrected chi connectivity index (χ1v) is 14.6. The Labute approximate surface area is 218 Å². The number of hydrogen-bond donors (Lipinski definition) is 0. The second-order valence-electron chi connectivity index (χ2n) is 8.35. The third-order valence-electron chi connectivity index (χ3n) is 5.68. The summed E-state index contributed by atoms with van der Waals surface area (Å²) in [6, 6.07) is 13.5. The summed E-state index contributed by atoms with van der Waals surface area (Å²) in [6.07, 6.45) is 8.84. The fraction of sp³-hybridized carbons (Fsp3) is 0.407. The number of carbonyl (C=O) groups is 1. The maximum absolute atomic E-state index is 13.0. The Morgan fingerprint density at radius 1 is 0.972 bits per heavy atom. The molecule has 7 nitrogen and oxygen atoms in total. The summed E-state index contributed by atoms with van der Waals surface area (Å²) in [7, 11) is -2.35. The van der Waals surface area contributed by atoms with E-state index in [1.165, 1.54) is 42.7 Å². The zero-order chi connectivity index (χ0) is 26.0. The average molecular weight is 531 g/mol. The van der Waals surface area contributed by atoms with Crippen molar-refractivity contribution in [1.82, 2.24) is 4.90 Å². The molecule has 1 heterocycles. The molecule has 1 aliphatic rings. The van der Waals surface area contributed by atoms with Crippen molar-refractivity contribution in [2.24, 2.45) is 4.40 Å². The normalized spacial score (nSPS) is 16.2. The summed E-state index contributed by atoms with van der Waals surface area (Å²) in [4.78, 5) is 14.8. The van der Waals surface area contributed by atoms with E-state index < -0.39 is 10.0 Å². The van der Waals surface area contributed by atoms with Gasteiger partial charge in [-0.2, -0.15) is 8.42 Å². The molecule has 2 aromatic rings. The molecule has 0 spiro atoms. The topological polar surface area (TPSA) is 85.3 Å². The first-order chi connectivity index (χ1) is 17.4. The molecule has 36 heavy (non-hydrogen) atoms. The maximum Gasteiger partial charge on any atom is 0.284 e. The molecular weight excluding hydrogens is 496 g/mol. The number of nitrogens with zero attached hydrogens (tertiary/aromatic N) is 2. The molecule has 2 aromatic carbocycles. The number of methoxy groups -OCH3 is 1. The van der Waals surface area contributed by atoms with Gasteiger partial charge in [0.25, 0.3) is 15.9 Å². The third-order valence-corrected chi connectivity index (χ3v) is 8.09. The molecule has 0 aliphatic carbocycles. The zero-order valence-corrected chi connectivity index (χ0v) is 22.7. The van der Waals surface area contributed by atoms with Crippen LogP contribution in [-0.4, -0.2) is 44.7 Å². The van der Waals surface area contributed by atoms with Crippen LogP contribution in [0, 0.1) is 0 Å². The van der Waals surface area contributed by atoms with Crippen molar-refractivity contribution in [2.45, 2.75) is 57.3 Å². The van der Waals surface area contributed by atoms with Gasteiger partial charge in [0.15, 0.2) is 16.7 Å². The molecule has 0 unspecified atom stereocenters. The van der Waals surface area contributed by atoms with Crippen LogP contribution in [0.25, 0.3) is 6.08 Å². The number of rotatable bonds is 13. The minimum absolute atomic E-state index is 0.0836. The zero-order valence-electron chi connectivity index (χ0n) is 21.1. The van der Waals surface area contributed by atoms with Crippen molar-refractivity contribution in [3.05, 3.63) is 59.0 Å². The lowest BCUT2D eigenvalue weighted by atomic mass is 10.1. The molecular formula is C27H34N2O5S2. The molecule has 0 atom stereocenters. The smallest absolute Gasteiger partial charge is 0.284 e. The van der Waals surface area contributed by atoms with E-state index in [-0.39, 0.29) is 16.0 Å². The molecule has 9 heteroatoms. The molecule has 194 valence electrons. The number of thioether (sulfide) groups is 1. The second-order valence-corrected chi connectivity index (χ2v) is 11.0. The Morgan fingerprint density at radius 3 is 2.39 bits per heavy atom. The van der Waals surface area contributed by atoms with Crippen LogP contribution < -0.4 is 9.47 Å². The highest BCUT2D eigenvalue weighted by Gasteiger charge is 2.34. The van der Waals surface area contributed by atoms with Gasteiger partial charge in [-0.1, -0.05) is 63.3 Å². The monoisotopic (exact) mass is 530 g/mol. The first-order valence-electron chi connectivity index (χ1n) is 12.3. The fourth-order valence-electron chi connectivity index (χ4n) is 3.71. The van der Waals surface area contributed by atoms with Crippen LogP contribution in [0.3, 0.4) is 0 Å². The highest BCUT2D eigenvalue weighted by molar-refractivity contribution is 8.19. The lowest BCUT2D eigenvalue weighted by Gasteiger charge is -2.12. The van der Waals surface area contributed by atoms with Crippen molar-refractivity contribution in [3.63, 3.8) is 0 Å². The Morgan fingerprint density at radius 2 is 1.69 bits per heavy atom. The SMILES string of the molecule is CCCCCCCCOc1ccc(/C=C2\SC(=NS(=O)(=O)c3ccccc3)N(CC)C2=O)cc1OC. The van der Waals surface area contributed by atoms with Gasteiger partial charge in [0.2, 0.25) is 0 Å². The van der Waals surface area contributed by atoms with Gasteiger partial charge in [-0.15, -0.1) is 4.40 Å². The van der Waals surface area contributed by atoms with E-state index in [1.807, 2.05) is 18.2 Å². The summed E-state index contributed by atoms with van der Waals surface area (Å²) in [5.74, 6) is 0.954. The van der Waals surface area contributed by atoms with Crippen molar-refractivity contribution in [2.75, 3.05) is 20.3 Å². The summed E-state index contributed by atoms with van der Waals surface area (Å²) < 4.78 is 40.8. The van der Waals surface area contributed by atoms with Crippen molar-refractivity contribution in [3.8, 4) is 11.5 Å². The van der Waals surface area contributed by atoms with E-state index in [9.17, 15) is 13.2 Å². The van der Waals surface area contributed by atoms with Gasteiger partial charge in [-0.25, -0.2) is 0 Å². The number of amidine groups is 1. The van der Waals surface area contributed by atoms with Crippen LogP contribution in [0.2, 0.25) is 0 Å². The van der Waals surface area contributed by atoms with Gasteiger partial charge in [0, 0.05) is 6.54 Å². The summed E-state index contributed by atoms with van der Waals surface area (Å²) in [5.41, 5.74) is 0.748. The van der Waals surface area contributed by atoms with Crippen LogP contribution in [0.5, 0.6) is 11.5 Å². The minimum atomic E-state index is -3.93. The Hall–Kier alpha value is -2.78. The standard InChI is InChI=1S/C27H34N2O5S2/c1-4-6-7-8-9-13-18-34-23-17-16-21(19-24(23)33-3)20-25-26(30)29(5-2)27(35-25)28-36(31,32)22-14-11-10-12-15-22/h10-12,14-17,19-20H,4-9,13,18H2,1-3H3/b25-20-,28-27?. The van der Waals surface area contributed by atoms with Gasteiger partial charge >= 0.3 is 0 Å². The quantitative estimate of drug-likeness (QED) is 0.229. The largest absolute Gasteiger partial charge is 0.493 e. The lowest BCUT2D eigenvalue weighted by Crippen LogP contribution is -2.29. The molecule has 1 amide bonds. The number of amides is 1. The predicted octanol–water partition coefficient (Wildman–Crippen LogP) is 6.12. The van der Waals surface area contributed by atoms with Gasteiger partial charge in [-0.3, -0.25) is 9.69 Å². The van der Waals surface area contributed by atoms with Crippen LogP contribution in [0.4, 0.5) is 0 Å². The predicted molar refractivity (Wildman–Crippen MR) is 146 cm³/mol. The van der Waals surface area contributed by atoms with E-state index in [0.717, 1.165) is 30.2 Å². The summed E-state index contributed by atoms with van der Waals surface area (Å²) >= 11 is 1.05. The number of hydrogen-bond acceptors (Lipinski definition) is 6. The number of sulfonamides is 1. The molecule has 0 bridgehead atoms. The van der Waals surface area contributed by atoms with Gasteiger partial charge in [0.05, 0.1) is 23.5 Å². The van der Waals surface area contributed by atoms with Crippen LogP contribution >= 0.6 is 11.8 Å². The molecule has 0 N–H and O–H groups in total. The van der Waals surface area contributed by atoms with Crippen LogP contribution in [0.1, 0.15) is 57.9 Å². The molecule has 3 rings (SSSR count). The van der Waals surface area contributed by atoms with Gasteiger partial charge in [0.1, 0.15) is 0 Å². The van der Waals surface area contributed by atoms with Gasteiger partial charge in [-0.05, 0) is 61.0 Å². The minimum Gasteiger partial charge on any atom is -0.493 e. The van der Waals surface area contributed by atoms with E-state index in [0.29, 0.717) is 29.6 Å². The van der Waals surface area contributed by atoms with E-state index in [1.54, 1.807) is 38.3 Å². The number of carbonyl (C=O) groups excluding carboxylic acids is 1. The molecule has 1 saturated heterocycles. The Bertz CT molecular complexity index is 1190. The number of likely N-dealkylation sites (N-methyl/N-ethyl adjacent to an activating group) is 1. The molecule has 1 fully saturated rings. The molecule has 0 aromatic heterocycles. The van der Waals surface area contributed by atoms with E-state index in [4.69, 9.17) is 9.47 Å². The van der Waals surface area contributed by atoms with E-state index >= 15 is 0 Å². The number of benzene rings is 2. The number of ether oxygens (including phenoxy) is 2. The van der Waals surface area contributed by atoms with Crippen molar-refractivity contribution < 1.29 is 22.7 Å².